The highest BCUT2D eigenvalue weighted by Crippen LogP contribution is 2.19. The zero-order valence-electron chi connectivity index (χ0n) is 13.0. The van der Waals surface area contributed by atoms with Crippen LogP contribution in [-0.4, -0.2) is 32.8 Å². The Balaban J connectivity index is 1.53. The number of nitrogens with zero attached hydrogens (tertiary/aromatic N) is 4. The van der Waals surface area contributed by atoms with Gasteiger partial charge in [0.05, 0.1) is 5.69 Å². The fourth-order valence-corrected chi connectivity index (χ4v) is 3.00. The van der Waals surface area contributed by atoms with Gasteiger partial charge in [0.2, 0.25) is 0 Å². The summed E-state index contributed by atoms with van der Waals surface area (Å²) in [6.45, 7) is 5.76. The van der Waals surface area contributed by atoms with Crippen LogP contribution < -0.4 is 5.56 Å². The van der Waals surface area contributed by atoms with Crippen molar-refractivity contribution in [1.29, 1.82) is 0 Å². The third-order valence-electron chi connectivity index (χ3n) is 4.27. The minimum atomic E-state index is 0.00314. The van der Waals surface area contributed by atoms with Crippen molar-refractivity contribution in [3.8, 4) is 0 Å². The largest absolute Gasteiger partial charge is 0.299 e. The van der Waals surface area contributed by atoms with E-state index in [1.54, 1.807) is 16.8 Å². The molecule has 1 aliphatic rings. The zero-order valence-corrected chi connectivity index (χ0v) is 13.0. The Morgan fingerprint density at radius 3 is 2.77 bits per heavy atom. The molecule has 116 valence electrons. The number of aryl methyl sites for hydroxylation is 1. The van der Waals surface area contributed by atoms with Gasteiger partial charge in [-0.3, -0.25) is 14.7 Å². The zero-order chi connectivity index (χ0) is 15.4. The monoisotopic (exact) mass is 298 g/mol. The molecule has 2 aromatic rings. The molecule has 22 heavy (non-hydrogen) atoms. The summed E-state index contributed by atoms with van der Waals surface area (Å²) >= 11 is 0. The Hall–Kier alpha value is -2.01. The molecule has 0 aromatic carbocycles. The van der Waals surface area contributed by atoms with Crippen LogP contribution >= 0.6 is 0 Å². The Kier molecular flexibility index (Phi) is 4.63. The number of hydrogen-bond acceptors (Lipinski definition) is 4. The van der Waals surface area contributed by atoms with E-state index in [1.165, 1.54) is 5.56 Å². The molecule has 1 fully saturated rings. The summed E-state index contributed by atoms with van der Waals surface area (Å²) in [5, 5.41) is 4.34. The van der Waals surface area contributed by atoms with Crippen molar-refractivity contribution in [2.24, 2.45) is 5.92 Å². The van der Waals surface area contributed by atoms with Gasteiger partial charge >= 0.3 is 0 Å². The molecule has 0 radical (unpaired) electrons. The summed E-state index contributed by atoms with van der Waals surface area (Å²) in [5.41, 5.74) is 2.16. The number of rotatable bonds is 4. The molecule has 0 saturated carbocycles. The van der Waals surface area contributed by atoms with Gasteiger partial charge in [-0.05, 0) is 56.5 Å². The van der Waals surface area contributed by atoms with Crippen molar-refractivity contribution in [1.82, 2.24) is 19.7 Å². The van der Waals surface area contributed by atoms with E-state index < -0.39 is 0 Å². The molecule has 2 aromatic heterocycles. The molecular weight excluding hydrogens is 276 g/mol. The van der Waals surface area contributed by atoms with E-state index in [-0.39, 0.29) is 5.56 Å². The maximum absolute atomic E-state index is 11.8. The average Bonchev–Trinajstić information content (AvgIpc) is 2.54. The van der Waals surface area contributed by atoms with E-state index in [0.717, 1.165) is 44.7 Å². The van der Waals surface area contributed by atoms with Crippen molar-refractivity contribution in [3.05, 3.63) is 58.3 Å². The molecule has 0 bridgehead atoms. The van der Waals surface area contributed by atoms with Crippen LogP contribution in [0.2, 0.25) is 0 Å². The molecule has 0 N–H and O–H groups in total. The number of hydrogen-bond donors (Lipinski definition) is 0. The normalized spacial score (nSPS) is 16.8. The second kappa shape index (κ2) is 6.83. The van der Waals surface area contributed by atoms with Crippen molar-refractivity contribution >= 4 is 0 Å². The first-order valence-electron chi connectivity index (χ1n) is 7.87. The van der Waals surface area contributed by atoms with E-state index in [9.17, 15) is 4.79 Å². The summed E-state index contributed by atoms with van der Waals surface area (Å²) in [7, 11) is 0. The summed E-state index contributed by atoms with van der Waals surface area (Å²) < 4.78 is 1.62. The molecule has 3 heterocycles. The minimum Gasteiger partial charge on any atom is -0.299 e. The molecule has 0 spiro atoms. The maximum Gasteiger partial charge on any atom is 0.266 e. The van der Waals surface area contributed by atoms with Gasteiger partial charge < -0.3 is 0 Å². The van der Waals surface area contributed by atoms with Gasteiger partial charge in [0.25, 0.3) is 5.56 Å². The van der Waals surface area contributed by atoms with E-state index in [1.807, 2.05) is 25.4 Å². The summed E-state index contributed by atoms with van der Waals surface area (Å²) in [5.74, 6) is 0.539. The van der Waals surface area contributed by atoms with E-state index in [0.29, 0.717) is 5.92 Å². The first kappa shape index (κ1) is 14.9. The number of piperidine rings is 1. The first-order chi connectivity index (χ1) is 10.7. The minimum absolute atomic E-state index is 0.00314. The van der Waals surface area contributed by atoms with Gasteiger partial charge in [-0.15, -0.1) is 0 Å². The number of likely N-dealkylation sites (tertiary alicyclic amines) is 1. The quantitative estimate of drug-likeness (QED) is 0.864. The molecule has 0 atom stereocenters. The van der Waals surface area contributed by atoms with Crippen LogP contribution in [0.15, 0.2) is 41.5 Å². The second-order valence-electron chi connectivity index (χ2n) is 6.08. The summed E-state index contributed by atoms with van der Waals surface area (Å²) in [4.78, 5) is 18.5. The van der Waals surface area contributed by atoms with E-state index in [2.05, 4.69) is 21.0 Å². The van der Waals surface area contributed by atoms with Crippen LogP contribution in [-0.2, 0) is 13.1 Å². The molecule has 3 rings (SSSR count). The lowest BCUT2D eigenvalue weighted by molar-refractivity contribution is 0.163. The van der Waals surface area contributed by atoms with Crippen molar-refractivity contribution in [2.45, 2.75) is 32.9 Å². The molecule has 0 aliphatic carbocycles. The molecule has 5 nitrogen and oxygen atoms in total. The van der Waals surface area contributed by atoms with E-state index in [4.69, 9.17) is 0 Å². The lowest BCUT2D eigenvalue weighted by Crippen LogP contribution is -2.36. The molecule has 0 amide bonds. The Bertz CT molecular complexity index is 660. The Morgan fingerprint density at radius 2 is 2.05 bits per heavy atom. The highest BCUT2D eigenvalue weighted by molar-refractivity contribution is 5.08. The molecule has 1 aliphatic heterocycles. The van der Waals surface area contributed by atoms with E-state index >= 15 is 0 Å². The highest BCUT2D eigenvalue weighted by atomic mass is 16.1. The first-order valence-corrected chi connectivity index (χ1v) is 7.87. The number of aromatic nitrogens is 3. The van der Waals surface area contributed by atoms with Gasteiger partial charge in [-0.1, -0.05) is 6.07 Å². The van der Waals surface area contributed by atoms with Crippen LogP contribution in [0.5, 0.6) is 0 Å². The van der Waals surface area contributed by atoms with Crippen LogP contribution in [0.3, 0.4) is 0 Å². The van der Waals surface area contributed by atoms with Gasteiger partial charge in [-0.2, -0.15) is 5.10 Å². The average molecular weight is 298 g/mol. The summed E-state index contributed by atoms with van der Waals surface area (Å²) in [6, 6.07) is 7.49. The standard InChI is InChI=1S/C17H22N4O/c1-14-4-5-17(22)21(19-14)13-15-6-9-20(10-7-15)12-16-3-2-8-18-11-16/h2-5,8,11,15H,6-7,9-10,12-13H2,1H3. The van der Waals surface area contributed by atoms with Gasteiger partial charge in [0.1, 0.15) is 0 Å². The number of pyridine rings is 1. The van der Waals surface area contributed by atoms with Gasteiger partial charge in [0.15, 0.2) is 0 Å². The van der Waals surface area contributed by atoms with Crippen molar-refractivity contribution < 1.29 is 0 Å². The molecule has 1 saturated heterocycles. The predicted octanol–water partition coefficient (Wildman–Crippen LogP) is 1.86. The smallest absolute Gasteiger partial charge is 0.266 e. The third-order valence-corrected chi connectivity index (χ3v) is 4.27. The maximum atomic E-state index is 11.8. The van der Waals surface area contributed by atoms with Gasteiger partial charge in [-0.25, -0.2) is 4.68 Å². The van der Waals surface area contributed by atoms with Gasteiger partial charge in [0, 0.05) is 31.5 Å². The fraction of sp³-hybridized carbons (Fsp3) is 0.471. The van der Waals surface area contributed by atoms with Crippen molar-refractivity contribution in [3.63, 3.8) is 0 Å². The lowest BCUT2D eigenvalue weighted by atomic mass is 9.96. The van der Waals surface area contributed by atoms with Crippen LogP contribution in [0.25, 0.3) is 0 Å². The molecular formula is C17H22N4O. The second-order valence-corrected chi connectivity index (χ2v) is 6.08. The summed E-state index contributed by atoms with van der Waals surface area (Å²) in [6.07, 6.45) is 5.97. The highest BCUT2D eigenvalue weighted by Gasteiger charge is 2.20. The third kappa shape index (κ3) is 3.80. The topological polar surface area (TPSA) is 51.0 Å². The molecule has 5 heteroatoms. The van der Waals surface area contributed by atoms with Crippen LogP contribution in [0.4, 0.5) is 0 Å². The Morgan fingerprint density at radius 1 is 1.23 bits per heavy atom. The van der Waals surface area contributed by atoms with Crippen molar-refractivity contribution in [2.75, 3.05) is 13.1 Å². The van der Waals surface area contributed by atoms with Crippen LogP contribution in [0, 0.1) is 12.8 Å². The molecule has 0 unspecified atom stereocenters. The van der Waals surface area contributed by atoms with Crippen LogP contribution in [0.1, 0.15) is 24.1 Å². The lowest BCUT2D eigenvalue weighted by Gasteiger charge is -2.31. The SMILES string of the molecule is Cc1ccc(=O)n(CC2CCN(Cc3cccnc3)CC2)n1. The Labute approximate surface area is 130 Å². The predicted molar refractivity (Wildman–Crippen MR) is 85.5 cm³/mol. The fourth-order valence-electron chi connectivity index (χ4n) is 3.00.